The number of rotatable bonds is 9. The molecule has 7 nitrogen and oxygen atoms in total. The van der Waals surface area contributed by atoms with Gasteiger partial charge in [-0.05, 0) is 46.6 Å². The summed E-state index contributed by atoms with van der Waals surface area (Å²) in [6.07, 6.45) is 5.15. The van der Waals surface area contributed by atoms with Gasteiger partial charge in [0.15, 0.2) is 5.96 Å². The molecular weight excluding hydrogens is 469 g/mol. The maximum Gasteiger partial charge on any atom is 0.191 e. The molecule has 0 radical (unpaired) electrons. The molecule has 0 aliphatic carbocycles. The second-order valence-electron chi connectivity index (χ2n) is 8.24. The Bertz CT molecular complexity index is 444. The van der Waals surface area contributed by atoms with Gasteiger partial charge in [-0.2, -0.15) is 0 Å². The van der Waals surface area contributed by atoms with Crippen molar-refractivity contribution in [2.45, 2.75) is 58.1 Å². The molecule has 2 fully saturated rings. The number of halogens is 1. The zero-order valence-corrected chi connectivity index (χ0v) is 20.4. The Morgan fingerprint density at radius 3 is 2.64 bits per heavy atom. The van der Waals surface area contributed by atoms with E-state index in [-0.39, 0.29) is 24.0 Å². The van der Waals surface area contributed by atoms with Crippen LogP contribution in [0.3, 0.4) is 0 Å². The third kappa shape index (κ3) is 10.0. The molecule has 0 aromatic carbocycles. The summed E-state index contributed by atoms with van der Waals surface area (Å²) < 4.78 is 5.38. The average molecular weight is 511 g/mol. The number of nitrogens with one attached hydrogen (secondary N) is 2. The second-order valence-corrected chi connectivity index (χ2v) is 8.24. The second kappa shape index (κ2) is 14.0. The Labute approximate surface area is 188 Å². The van der Waals surface area contributed by atoms with Crippen molar-refractivity contribution in [3.63, 3.8) is 0 Å². The van der Waals surface area contributed by atoms with Gasteiger partial charge < -0.3 is 25.4 Å². The Hall–Kier alpha value is -0.160. The first-order valence-corrected chi connectivity index (χ1v) is 10.8. The predicted molar refractivity (Wildman–Crippen MR) is 127 cm³/mol. The van der Waals surface area contributed by atoms with Gasteiger partial charge in [0.25, 0.3) is 0 Å². The summed E-state index contributed by atoms with van der Waals surface area (Å²) in [4.78, 5) is 9.47. The number of aliphatic imine (C=N–C) groups is 1. The molecule has 2 heterocycles. The quantitative estimate of drug-likeness (QED) is 0.189. The molecule has 166 valence electrons. The molecule has 0 aromatic rings. The van der Waals surface area contributed by atoms with Crippen LogP contribution in [0, 0.1) is 0 Å². The van der Waals surface area contributed by atoms with Crippen LogP contribution in [0.4, 0.5) is 0 Å². The van der Waals surface area contributed by atoms with Gasteiger partial charge >= 0.3 is 0 Å². The maximum absolute atomic E-state index is 10.7. The van der Waals surface area contributed by atoms with Crippen molar-refractivity contribution in [1.82, 2.24) is 20.4 Å². The molecule has 2 saturated heterocycles. The van der Waals surface area contributed by atoms with Gasteiger partial charge in [0.05, 0.1) is 25.4 Å². The highest BCUT2D eigenvalue weighted by molar-refractivity contribution is 14.0. The van der Waals surface area contributed by atoms with Crippen LogP contribution in [0.1, 0.15) is 46.5 Å². The summed E-state index contributed by atoms with van der Waals surface area (Å²) in [5.74, 6) is 0.798. The molecule has 2 aliphatic rings. The van der Waals surface area contributed by atoms with E-state index in [0.29, 0.717) is 13.1 Å². The molecule has 3 N–H and O–H groups in total. The van der Waals surface area contributed by atoms with Crippen LogP contribution < -0.4 is 10.6 Å². The minimum absolute atomic E-state index is 0. The van der Waals surface area contributed by atoms with E-state index in [9.17, 15) is 5.11 Å². The zero-order valence-electron chi connectivity index (χ0n) is 18.1. The smallest absolute Gasteiger partial charge is 0.191 e. The lowest BCUT2D eigenvalue weighted by atomic mass is 10.0. The van der Waals surface area contributed by atoms with Crippen molar-refractivity contribution < 1.29 is 9.84 Å². The van der Waals surface area contributed by atoms with Crippen molar-refractivity contribution in [2.24, 2.45) is 4.99 Å². The maximum atomic E-state index is 10.7. The van der Waals surface area contributed by atoms with Crippen LogP contribution >= 0.6 is 24.0 Å². The number of ether oxygens (including phenoxy) is 1. The Morgan fingerprint density at radius 2 is 1.96 bits per heavy atom. The first-order valence-electron chi connectivity index (χ1n) is 10.8. The molecule has 2 unspecified atom stereocenters. The van der Waals surface area contributed by atoms with E-state index in [1.54, 1.807) is 0 Å². The number of piperidine rings is 1. The summed E-state index contributed by atoms with van der Waals surface area (Å²) >= 11 is 0. The third-order valence-corrected chi connectivity index (χ3v) is 5.45. The number of morpholine rings is 1. The molecule has 28 heavy (non-hydrogen) atoms. The van der Waals surface area contributed by atoms with Gasteiger partial charge in [0.2, 0.25) is 0 Å². The Kier molecular flexibility index (Phi) is 12.9. The Morgan fingerprint density at radius 1 is 1.21 bits per heavy atom. The minimum Gasteiger partial charge on any atom is -0.387 e. The van der Waals surface area contributed by atoms with Crippen LogP contribution in [-0.2, 0) is 4.74 Å². The van der Waals surface area contributed by atoms with Gasteiger partial charge in [-0.1, -0.05) is 6.42 Å². The topological polar surface area (TPSA) is 72.4 Å². The van der Waals surface area contributed by atoms with Gasteiger partial charge in [-0.3, -0.25) is 9.89 Å². The van der Waals surface area contributed by atoms with Gasteiger partial charge in [-0.15, -0.1) is 24.0 Å². The van der Waals surface area contributed by atoms with Crippen LogP contribution in [0.5, 0.6) is 0 Å². The van der Waals surface area contributed by atoms with E-state index in [1.165, 1.54) is 25.8 Å². The van der Waals surface area contributed by atoms with Crippen molar-refractivity contribution in [2.75, 3.05) is 65.6 Å². The molecule has 2 rings (SSSR count). The minimum atomic E-state index is -0.830. The zero-order chi connectivity index (χ0) is 19.5. The van der Waals surface area contributed by atoms with Crippen molar-refractivity contribution >= 4 is 29.9 Å². The predicted octanol–water partition coefficient (Wildman–Crippen LogP) is 1.51. The highest BCUT2D eigenvalue weighted by Crippen LogP contribution is 2.16. The number of guanidine groups is 1. The van der Waals surface area contributed by atoms with E-state index < -0.39 is 5.60 Å². The van der Waals surface area contributed by atoms with Crippen molar-refractivity contribution in [3.05, 3.63) is 0 Å². The van der Waals surface area contributed by atoms with Crippen molar-refractivity contribution in [1.29, 1.82) is 0 Å². The number of likely N-dealkylation sites (tertiary alicyclic amines) is 1. The first kappa shape index (κ1) is 25.9. The molecule has 0 spiro atoms. The molecule has 0 bridgehead atoms. The standard InChI is InChI=1S/C20H41N5O2.HI/c1-4-21-19(22-9-7-11-25-10-6-5-8-18(25)2)23-16-20(3,26)17-24-12-14-27-15-13-24;/h18,26H,4-17H2,1-3H3,(H2,21,22,23);1H. The lowest BCUT2D eigenvalue weighted by molar-refractivity contribution is -0.0179. The van der Waals surface area contributed by atoms with Crippen molar-refractivity contribution in [3.8, 4) is 0 Å². The van der Waals surface area contributed by atoms with E-state index in [4.69, 9.17) is 4.74 Å². The van der Waals surface area contributed by atoms with E-state index in [1.807, 2.05) is 6.92 Å². The largest absolute Gasteiger partial charge is 0.387 e. The summed E-state index contributed by atoms with van der Waals surface area (Å²) in [6, 6.07) is 0.718. The summed E-state index contributed by atoms with van der Waals surface area (Å²) in [7, 11) is 0. The van der Waals surface area contributed by atoms with Crippen LogP contribution in [0.15, 0.2) is 4.99 Å². The molecular formula is C20H42IN5O2. The van der Waals surface area contributed by atoms with Gasteiger partial charge in [0.1, 0.15) is 0 Å². The molecule has 0 amide bonds. The number of hydrogen-bond acceptors (Lipinski definition) is 5. The molecule has 0 saturated carbocycles. The normalized spacial score (nSPS) is 24.3. The SMILES string of the molecule is CCNC(=NCC(C)(O)CN1CCOCC1)NCCCN1CCCCC1C.I. The summed E-state index contributed by atoms with van der Waals surface area (Å²) in [5, 5.41) is 17.4. The van der Waals surface area contributed by atoms with Crippen LogP contribution in [-0.4, -0.2) is 98.1 Å². The van der Waals surface area contributed by atoms with E-state index in [0.717, 1.165) is 64.4 Å². The fraction of sp³-hybridized carbons (Fsp3) is 0.950. The van der Waals surface area contributed by atoms with Crippen LogP contribution in [0.25, 0.3) is 0 Å². The highest BCUT2D eigenvalue weighted by Gasteiger charge is 2.25. The van der Waals surface area contributed by atoms with E-state index in [2.05, 4.69) is 39.3 Å². The van der Waals surface area contributed by atoms with E-state index >= 15 is 0 Å². The number of nitrogens with zero attached hydrogens (tertiary/aromatic N) is 3. The summed E-state index contributed by atoms with van der Waals surface area (Å²) in [6.45, 7) is 14.7. The lowest BCUT2D eigenvalue weighted by Gasteiger charge is -2.33. The highest BCUT2D eigenvalue weighted by atomic mass is 127. The fourth-order valence-electron chi connectivity index (χ4n) is 3.86. The number of β-amino-alcohol motifs (C(OH)–C–C–N with tert-alkyl or cyclic N) is 1. The molecule has 8 heteroatoms. The summed E-state index contributed by atoms with van der Waals surface area (Å²) in [5.41, 5.74) is -0.830. The molecule has 2 atom stereocenters. The Balaban J connectivity index is 0.00000392. The first-order chi connectivity index (χ1) is 13.0. The molecule has 0 aromatic heterocycles. The monoisotopic (exact) mass is 511 g/mol. The average Bonchev–Trinajstić information content (AvgIpc) is 2.65. The van der Waals surface area contributed by atoms with Gasteiger partial charge in [0, 0.05) is 45.3 Å². The number of aliphatic hydroxyl groups is 1. The molecule has 2 aliphatic heterocycles. The fourth-order valence-corrected chi connectivity index (χ4v) is 3.86. The lowest BCUT2D eigenvalue weighted by Crippen LogP contribution is -2.48. The third-order valence-electron chi connectivity index (χ3n) is 5.45. The van der Waals surface area contributed by atoms with Gasteiger partial charge in [-0.25, -0.2) is 0 Å². The van der Waals surface area contributed by atoms with Crippen LogP contribution in [0.2, 0.25) is 0 Å². The number of hydrogen-bond donors (Lipinski definition) is 3.